The highest BCUT2D eigenvalue weighted by Crippen LogP contribution is 2.45. The summed E-state index contributed by atoms with van der Waals surface area (Å²) in [5.41, 5.74) is 4.23. The SMILES string of the molecule is COc1ccc(N2C(=O)C(=O)/C(=C(/O)c3ccc(OC)c(C)c3)C2c2c(C)[nH]c3ccccc23)cc1. The number of rotatable bonds is 5. The van der Waals surface area contributed by atoms with Crippen LogP contribution in [-0.2, 0) is 9.59 Å². The maximum absolute atomic E-state index is 13.5. The Bertz CT molecular complexity index is 1530. The Kier molecular flexibility index (Phi) is 5.76. The van der Waals surface area contributed by atoms with Crippen molar-refractivity contribution >= 4 is 34.0 Å². The molecule has 2 heterocycles. The van der Waals surface area contributed by atoms with Crippen molar-refractivity contribution < 1.29 is 24.2 Å². The number of aliphatic hydroxyl groups excluding tert-OH is 1. The molecule has 1 aliphatic rings. The number of carbonyl (C=O) groups is 2. The zero-order valence-corrected chi connectivity index (χ0v) is 20.5. The maximum atomic E-state index is 13.5. The summed E-state index contributed by atoms with van der Waals surface area (Å²) in [6.07, 6.45) is 0. The van der Waals surface area contributed by atoms with Gasteiger partial charge in [-0.25, -0.2) is 0 Å². The van der Waals surface area contributed by atoms with Crippen LogP contribution in [0.4, 0.5) is 5.69 Å². The first-order valence-corrected chi connectivity index (χ1v) is 11.5. The zero-order chi connectivity index (χ0) is 25.6. The summed E-state index contributed by atoms with van der Waals surface area (Å²) in [4.78, 5) is 31.8. The monoisotopic (exact) mass is 482 g/mol. The number of carbonyl (C=O) groups excluding carboxylic acids is 2. The van der Waals surface area contributed by atoms with Crippen molar-refractivity contribution in [3.8, 4) is 11.5 Å². The lowest BCUT2D eigenvalue weighted by atomic mass is 9.92. The molecule has 0 saturated carbocycles. The number of nitrogens with one attached hydrogen (secondary N) is 1. The molecule has 1 aliphatic heterocycles. The number of aromatic nitrogens is 1. The van der Waals surface area contributed by atoms with E-state index in [1.165, 1.54) is 4.90 Å². The van der Waals surface area contributed by atoms with E-state index in [1.807, 2.05) is 38.1 Å². The topological polar surface area (TPSA) is 91.9 Å². The third-order valence-corrected chi connectivity index (χ3v) is 6.68. The van der Waals surface area contributed by atoms with Crippen molar-refractivity contribution in [1.82, 2.24) is 4.98 Å². The predicted octanol–water partition coefficient (Wildman–Crippen LogP) is 5.43. The van der Waals surface area contributed by atoms with Crippen molar-refractivity contribution in [2.75, 3.05) is 19.1 Å². The van der Waals surface area contributed by atoms with Crippen LogP contribution in [0.15, 0.2) is 72.3 Å². The van der Waals surface area contributed by atoms with E-state index in [1.54, 1.807) is 56.7 Å². The number of aromatic amines is 1. The Hall–Kier alpha value is -4.52. The number of anilines is 1. The molecule has 7 heteroatoms. The number of benzene rings is 3. The minimum absolute atomic E-state index is 0.0354. The smallest absolute Gasteiger partial charge is 0.300 e. The van der Waals surface area contributed by atoms with Gasteiger partial charge in [-0.15, -0.1) is 0 Å². The van der Waals surface area contributed by atoms with Crippen LogP contribution in [0.3, 0.4) is 0 Å². The number of Topliss-reactive ketones (excluding diaryl/α,β-unsaturated/α-hetero) is 1. The molecule has 1 aromatic heterocycles. The minimum atomic E-state index is -0.836. The second kappa shape index (κ2) is 8.92. The fourth-order valence-corrected chi connectivity index (χ4v) is 4.95. The number of para-hydroxylation sites is 1. The van der Waals surface area contributed by atoms with Crippen LogP contribution >= 0.6 is 0 Å². The van der Waals surface area contributed by atoms with E-state index in [2.05, 4.69) is 4.98 Å². The molecule has 0 aliphatic carbocycles. The standard InChI is InChI=1S/C29H26N2O5/c1-16-15-18(9-14-23(16)36-4)27(32)25-26(24-17(2)30-22-8-6-5-7-21(22)24)31(29(34)28(25)33)19-10-12-20(35-3)13-11-19/h5-15,26,30,32H,1-4H3/b27-25+. The van der Waals surface area contributed by atoms with Crippen LogP contribution in [0, 0.1) is 13.8 Å². The molecule has 1 fully saturated rings. The number of amides is 1. The lowest BCUT2D eigenvalue weighted by Gasteiger charge is -2.26. The molecular weight excluding hydrogens is 456 g/mol. The molecule has 182 valence electrons. The average molecular weight is 483 g/mol. The second-order valence-electron chi connectivity index (χ2n) is 8.76. The molecule has 36 heavy (non-hydrogen) atoms. The fourth-order valence-electron chi connectivity index (χ4n) is 4.95. The molecule has 5 rings (SSSR count). The summed E-state index contributed by atoms with van der Waals surface area (Å²) in [5.74, 6) is -0.393. The van der Waals surface area contributed by atoms with Gasteiger partial charge in [0.25, 0.3) is 11.7 Å². The number of H-pyrrole nitrogens is 1. The van der Waals surface area contributed by atoms with Crippen LogP contribution < -0.4 is 14.4 Å². The second-order valence-corrected chi connectivity index (χ2v) is 8.76. The van der Waals surface area contributed by atoms with Gasteiger partial charge < -0.3 is 19.6 Å². The van der Waals surface area contributed by atoms with Crippen molar-refractivity contribution in [1.29, 1.82) is 0 Å². The molecule has 4 aromatic rings. The van der Waals surface area contributed by atoms with Gasteiger partial charge in [-0.2, -0.15) is 0 Å². The Morgan fingerprint density at radius 3 is 2.33 bits per heavy atom. The molecular formula is C29H26N2O5. The first kappa shape index (κ1) is 23.2. The molecule has 2 N–H and O–H groups in total. The summed E-state index contributed by atoms with van der Waals surface area (Å²) < 4.78 is 10.6. The molecule has 7 nitrogen and oxygen atoms in total. The van der Waals surface area contributed by atoms with E-state index in [9.17, 15) is 14.7 Å². The van der Waals surface area contributed by atoms with Gasteiger partial charge >= 0.3 is 0 Å². The maximum Gasteiger partial charge on any atom is 0.300 e. The van der Waals surface area contributed by atoms with Gasteiger partial charge in [0.05, 0.1) is 25.8 Å². The van der Waals surface area contributed by atoms with Crippen molar-refractivity contribution in [2.24, 2.45) is 0 Å². The molecule has 1 unspecified atom stereocenters. The van der Waals surface area contributed by atoms with Gasteiger partial charge in [-0.3, -0.25) is 14.5 Å². The summed E-state index contributed by atoms with van der Waals surface area (Å²) in [5, 5.41) is 12.4. The van der Waals surface area contributed by atoms with Crippen LogP contribution in [0.1, 0.15) is 28.4 Å². The molecule has 3 aromatic carbocycles. The highest BCUT2D eigenvalue weighted by molar-refractivity contribution is 6.52. The van der Waals surface area contributed by atoms with Crippen LogP contribution in [0.5, 0.6) is 11.5 Å². The van der Waals surface area contributed by atoms with Crippen LogP contribution in [-0.4, -0.2) is 36.0 Å². The first-order valence-electron chi connectivity index (χ1n) is 11.5. The van der Waals surface area contributed by atoms with E-state index < -0.39 is 17.7 Å². The van der Waals surface area contributed by atoms with E-state index in [4.69, 9.17) is 9.47 Å². The quantitative estimate of drug-likeness (QED) is 0.225. The zero-order valence-electron chi connectivity index (χ0n) is 20.5. The lowest BCUT2D eigenvalue weighted by Crippen LogP contribution is -2.29. The highest BCUT2D eigenvalue weighted by atomic mass is 16.5. The lowest BCUT2D eigenvalue weighted by molar-refractivity contribution is -0.132. The number of methoxy groups -OCH3 is 2. The van der Waals surface area contributed by atoms with E-state index in [0.717, 1.165) is 27.7 Å². The number of hydrogen-bond acceptors (Lipinski definition) is 5. The highest BCUT2D eigenvalue weighted by Gasteiger charge is 2.48. The third-order valence-electron chi connectivity index (χ3n) is 6.68. The van der Waals surface area contributed by atoms with Crippen molar-refractivity contribution in [3.63, 3.8) is 0 Å². The number of aliphatic hydroxyl groups is 1. The van der Waals surface area contributed by atoms with Gasteiger partial charge in [0.2, 0.25) is 0 Å². The average Bonchev–Trinajstić information content (AvgIpc) is 3.35. The summed E-state index contributed by atoms with van der Waals surface area (Å²) >= 11 is 0. The van der Waals surface area contributed by atoms with Gasteiger partial charge in [-0.05, 0) is 67.9 Å². The van der Waals surface area contributed by atoms with Gasteiger partial charge in [0, 0.05) is 33.4 Å². The molecule has 1 saturated heterocycles. The number of nitrogens with zero attached hydrogens (tertiary/aromatic N) is 1. The molecule has 0 bridgehead atoms. The van der Waals surface area contributed by atoms with Crippen LogP contribution in [0.25, 0.3) is 16.7 Å². The first-order chi connectivity index (χ1) is 17.3. The van der Waals surface area contributed by atoms with E-state index >= 15 is 0 Å². The minimum Gasteiger partial charge on any atom is -0.507 e. The third kappa shape index (κ3) is 3.60. The molecule has 1 amide bonds. The summed E-state index contributed by atoms with van der Waals surface area (Å²) in [6.45, 7) is 3.76. The van der Waals surface area contributed by atoms with Crippen LogP contribution in [0.2, 0.25) is 0 Å². The number of ether oxygens (including phenoxy) is 2. The molecule has 1 atom stereocenters. The number of ketones is 1. The fraction of sp³-hybridized carbons (Fsp3) is 0.172. The van der Waals surface area contributed by atoms with Crippen molar-refractivity contribution in [3.05, 3.63) is 94.7 Å². The molecule has 0 radical (unpaired) electrons. The van der Waals surface area contributed by atoms with E-state index in [-0.39, 0.29) is 11.3 Å². The van der Waals surface area contributed by atoms with Gasteiger partial charge in [-0.1, -0.05) is 18.2 Å². The normalized spacial score (nSPS) is 17.1. The van der Waals surface area contributed by atoms with Gasteiger partial charge in [0.15, 0.2) is 0 Å². The predicted molar refractivity (Wildman–Crippen MR) is 139 cm³/mol. The number of hydrogen-bond donors (Lipinski definition) is 2. The number of fused-ring (bicyclic) bond motifs is 1. The Morgan fingerprint density at radius 2 is 1.67 bits per heavy atom. The van der Waals surface area contributed by atoms with Gasteiger partial charge in [0.1, 0.15) is 17.3 Å². The Morgan fingerprint density at radius 1 is 0.944 bits per heavy atom. The summed E-state index contributed by atoms with van der Waals surface area (Å²) in [7, 11) is 3.13. The molecule has 0 spiro atoms. The largest absolute Gasteiger partial charge is 0.507 e. The Balaban J connectivity index is 1.78. The van der Waals surface area contributed by atoms with Crippen molar-refractivity contribution in [2.45, 2.75) is 19.9 Å². The number of aryl methyl sites for hydroxylation is 2. The Labute approximate surface area is 208 Å². The van der Waals surface area contributed by atoms with E-state index in [0.29, 0.717) is 22.7 Å². The summed E-state index contributed by atoms with van der Waals surface area (Å²) in [6, 6.07) is 19.0.